The van der Waals surface area contributed by atoms with Gasteiger partial charge in [0, 0.05) is 23.6 Å². The van der Waals surface area contributed by atoms with E-state index in [1.807, 2.05) is 24.5 Å². The first kappa shape index (κ1) is 25.2. The molecule has 1 aliphatic rings. The highest BCUT2D eigenvalue weighted by Gasteiger charge is 2.56. The summed E-state index contributed by atoms with van der Waals surface area (Å²) in [6.45, 7) is 0. The van der Waals surface area contributed by atoms with Gasteiger partial charge in [-0.2, -0.15) is 0 Å². The molecule has 1 aromatic heterocycles. The van der Waals surface area contributed by atoms with Crippen LogP contribution in [-0.4, -0.2) is 45.8 Å². The van der Waals surface area contributed by atoms with Crippen LogP contribution in [0.4, 0.5) is 0 Å². The highest BCUT2D eigenvalue weighted by molar-refractivity contribution is 14.1. The van der Waals surface area contributed by atoms with Crippen LogP contribution in [0.5, 0.6) is 0 Å². The van der Waals surface area contributed by atoms with Crippen LogP contribution >= 0.6 is 33.9 Å². The van der Waals surface area contributed by atoms with Crippen molar-refractivity contribution in [2.75, 3.05) is 0 Å². The Balaban J connectivity index is 2.06. The van der Waals surface area contributed by atoms with Crippen molar-refractivity contribution in [3.05, 3.63) is 44.2 Å². The van der Waals surface area contributed by atoms with Crippen molar-refractivity contribution in [2.24, 2.45) is 17.1 Å². The zero-order valence-corrected chi connectivity index (χ0v) is 19.7. The molecule has 1 heterocycles. The number of aryl methyl sites for hydroxylation is 1. The van der Waals surface area contributed by atoms with Crippen LogP contribution in [0.2, 0.25) is 0 Å². The summed E-state index contributed by atoms with van der Waals surface area (Å²) in [6.07, 6.45) is 9.10. The van der Waals surface area contributed by atoms with E-state index in [4.69, 9.17) is 5.73 Å². The van der Waals surface area contributed by atoms with Gasteiger partial charge >= 0.3 is 0 Å². The lowest BCUT2D eigenvalue weighted by molar-refractivity contribution is -0.135. The SMILES string of the molecule is NC(=O)[C@@]1(C/C=C\CCC[C]=O)[C@@H](O)C[C@@H](O)[C@@H]1/C=C/[C@@H](O)CCc1ccc(I)s1. The largest absolute Gasteiger partial charge is 0.392 e. The monoisotopic (exact) mass is 546 g/mol. The van der Waals surface area contributed by atoms with Crippen LogP contribution in [0.1, 0.15) is 43.4 Å². The number of hydrogen-bond donors (Lipinski definition) is 4. The van der Waals surface area contributed by atoms with Crippen molar-refractivity contribution in [3.63, 3.8) is 0 Å². The van der Waals surface area contributed by atoms with Gasteiger partial charge in [0.25, 0.3) is 0 Å². The fraction of sp³-hybridized carbons (Fsp3) is 0.545. The molecule has 1 fully saturated rings. The van der Waals surface area contributed by atoms with Gasteiger partial charge < -0.3 is 21.1 Å². The number of primary amides is 1. The van der Waals surface area contributed by atoms with Crippen molar-refractivity contribution in [1.29, 1.82) is 0 Å². The summed E-state index contributed by atoms with van der Waals surface area (Å²) in [7, 11) is 0. The molecule has 6 nitrogen and oxygen atoms in total. The number of carbonyl (C=O) groups is 1. The molecule has 30 heavy (non-hydrogen) atoms. The topological polar surface area (TPSA) is 121 Å². The number of aliphatic hydroxyl groups is 3. The van der Waals surface area contributed by atoms with E-state index in [1.54, 1.807) is 29.6 Å². The van der Waals surface area contributed by atoms with Crippen LogP contribution in [0.3, 0.4) is 0 Å². The quantitative estimate of drug-likeness (QED) is 0.183. The van der Waals surface area contributed by atoms with Crippen molar-refractivity contribution in [1.82, 2.24) is 0 Å². The molecule has 1 aliphatic carbocycles. The summed E-state index contributed by atoms with van der Waals surface area (Å²) in [5.74, 6) is -1.36. The molecule has 0 unspecified atom stereocenters. The van der Waals surface area contributed by atoms with E-state index in [9.17, 15) is 24.9 Å². The predicted molar refractivity (Wildman–Crippen MR) is 126 cm³/mol. The van der Waals surface area contributed by atoms with Gasteiger partial charge in [-0.1, -0.05) is 24.3 Å². The summed E-state index contributed by atoms with van der Waals surface area (Å²) >= 11 is 3.94. The molecule has 0 bridgehead atoms. The smallest absolute Gasteiger partial charge is 0.227 e. The number of halogens is 1. The molecule has 1 radical (unpaired) electrons. The second-order valence-corrected chi connectivity index (χ2v) is 10.7. The minimum atomic E-state index is -1.33. The Kier molecular flexibility index (Phi) is 10.2. The summed E-state index contributed by atoms with van der Waals surface area (Å²) < 4.78 is 1.19. The standard InChI is InChI=1S/C22H29INO5S/c23-20-11-9-16(30-20)8-6-15(26)7-10-17-18(27)14-19(28)22(17,21(24)29)12-4-2-1-3-5-13-25/h2,4,7,9-11,15,17-19,26-28H,1,3,5-6,8,12,14H2,(H2,24,29)/b4-2-,10-7+/t15-,17-,18+,19-,22+/m0/s1. The van der Waals surface area contributed by atoms with Gasteiger partial charge in [0.15, 0.2) is 6.29 Å². The number of aliphatic hydroxyl groups excluding tert-OH is 3. The van der Waals surface area contributed by atoms with Crippen LogP contribution in [-0.2, 0) is 16.0 Å². The number of hydrogen-bond acceptors (Lipinski definition) is 6. The van der Waals surface area contributed by atoms with Crippen molar-refractivity contribution in [3.8, 4) is 0 Å². The lowest BCUT2D eigenvalue weighted by Gasteiger charge is -2.33. The fourth-order valence-corrected chi connectivity index (χ4v) is 5.73. The number of allylic oxidation sites excluding steroid dienone is 2. The molecule has 8 heteroatoms. The van der Waals surface area contributed by atoms with Crippen molar-refractivity contribution < 1.29 is 24.9 Å². The molecule has 1 amide bonds. The maximum Gasteiger partial charge on any atom is 0.227 e. The first-order valence-electron chi connectivity index (χ1n) is 10.1. The summed E-state index contributed by atoms with van der Waals surface area (Å²) in [5.41, 5.74) is 4.36. The second-order valence-electron chi connectivity index (χ2n) is 7.66. The molecule has 0 aromatic carbocycles. The molecule has 5 atom stereocenters. The second kappa shape index (κ2) is 12.1. The Bertz CT molecular complexity index is 764. The predicted octanol–water partition coefficient (Wildman–Crippen LogP) is 2.64. The Hall–Kier alpha value is -1.07. The van der Waals surface area contributed by atoms with E-state index in [0.29, 0.717) is 25.7 Å². The van der Waals surface area contributed by atoms with Gasteiger partial charge in [-0.25, -0.2) is 0 Å². The van der Waals surface area contributed by atoms with Crippen LogP contribution in [0, 0.1) is 14.2 Å². The molecule has 1 saturated carbocycles. The van der Waals surface area contributed by atoms with Gasteiger partial charge in [-0.05, 0) is 66.8 Å². The van der Waals surface area contributed by atoms with E-state index in [2.05, 4.69) is 22.6 Å². The minimum absolute atomic E-state index is 0.0512. The number of nitrogens with two attached hydrogens (primary N) is 1. The Labute approximate surface area is 195 Å². The maximum atomic E-state index is 12.4. The highest BCUT2D eigenvalue weighted by Crippen LogP contribution is 2.47. The normalized spacial score (nSPS) is 27.8. The molecule has 165 valence electrons. The van der Waals surface area contributed by atoms with E-state index in [0.717, 1.165) is 6.42 Å². The molecule has 2 rings (SSSR count). The van der Waals surface area contributed by atoms with Gasteiger partial charge in [0.1, 0.15) is 0 Å². The Morgan fingerprint density at radius 1 is 1.40 bits per heavy atom. The number of rotatable bonds is 12. The zero-order valence-electron chi connectivity index (χ0n) is 16.7. The Morgan fingerprint density at radius 3 is 2.80 bits per heavy atom. The molecule has 0 spiro atoms. The van der Waals surface area contributed by atoms with Crippen molar-refractivity contribution >= 4 is 46.1 Å². The molecule has 5 N–H and O–H groups in total. The molecule has 0 saturated heterocycles. The van der Waals surface area contributed by atoms with Crippen LogP contribution in [0.15, 0.2) is 36.4 Å². The minimum Gasteiger partial charge on any atom is -0.392 e. The van der Waals surface area contributed by atoms with E-state index < -0.39 is 35.6 Å². The first-order valence-corrected chi connectivity index (χ1v) is 12.0. The summed E-state index contributed by atoms with van der Waals surface area (Å²) in [6, 6.07) is 4.07. The van der Waals surface area contributed by atoms with E-state index in [-0.39, 0.29) is 12.8 Å². The lowest BCUT2D eigenvalue weighted by Crippen LogP contribution is -2.47. The number of unbranched alkanes of at least 4 members (excludes halogenated alkanes) is 2. The van der Waals surface area contributed by atoms with E-state index in [1.165, 1.54) is 7.76 Å². The summed E-state index contributed by atoms with van der Waals surface area (Å²) in [4.78, 5) is 23.8. The third-order valence-corrected chi connectivity index (χ3v) is 7.61. The number of amides is 1. The first-order chi connectivity index (χ1) is 14.3. The lowest BCUT2D eigenvalue weighted by atomic mass is 9.72. The molecule has 0 aliphatic heterocycles. The maximum absolute atomic E-state index is 12.4. The molecular weight excluding hydrogens is 517 g/mol. The fourth-order valence-electron chi connectivity index (χ4n) is 3.96. The number of thiophene rings is 1. The average molecular weight is 546 g/mol. The van der Waals surface area contributed by atoms with Gasteiger partial charge in [-0.3, -0.25) is 9.59 Å². The van der Waals surface area contributed by atoms with E-state index >= 15 is 0 Å². The van der Waals surface area contributed by atoms with Crippen LogP contribution < -0.4 is 5.73 Å². The number of carbonyl (C=O) groups excluding carboxylic acids is 2. The van der Waals surface area contributed by atoms with Gasteiger partial charge in [-0.15, -0.1) is 11.3 Å². The average Bonchev–Trinajstić information content (AvgIpc) is 3.22. The molecular formula is C22H29INO5S. The third kappa shape index (κ3) is 6.46. The van der Waals surface area contributed by atoms with Gasteiger partial charge in [0.2, 0.25) is 5.91 Å². The Morgan fingerprint density at radius 2 is 2.17 bits per heavy atom. The van der Waals surface area contributed by atoms with Gasteiger partial charge in [0.05, 0.1) is 26.6 Å². The van der Waals surface area contributed by atoms with Crippen LogP contribution in [0.25, 0.3) is 0 Å². The zero-order chi connectivity index (χ0) is 22.1. The van der Waals surface area contributed by atoms with Crippen molar-refractivity contribution in [2.45, 2.75) is 63.3 Å². The summed E-state index contributed by atoms with van der Waals surface area (Å²) in [5, 5.41) is 31.4. The highest BCUT2D eigenvalue weighted by atomic mass is 127. The molecule has 1 aromatic rings. The third-order valence-electron chi connectivity index (χ3n) is 5.66.